The van der Waals surface area contributed by atoms with Gasteiger partial charge in [0.25, 0.3) is 5.56 Å². The first kappa shape index (κ1) is 17.7. The van der Waals surface area contributed by atoms with E-state index in [0.29, 0.717) is 22.9 Å². The molecule has 27 heavy (non-hydrogen) atoms. The van der Waals surface area contributed by atoms with E-state index in [1.54, 1.807) is 25.4 Å². The third-order valence-electron chi connectivity index (χ3n) is 4.50. The summed E-state index contributed by atoms with van der Waals surface area (Å²) >= 11 is 1.43. The Kier molecular flexibility index (Phi) is 5.20. The van der Waals surface area contributed by atoms with Gasteiger partial charge in [-0.3, -0.25) is 9.59 Å². The molecule has 3 rings (SSSR count). The number of amides is 1. The van der Waals surface area contributed by atoms with Crippen molar-refractivity contribution in [3.8, 4) is 5.75 Å². The van der Waals surface area contributed by atoms with E-state index in [0.717, 1.165) is 21.4 Å². The monoisotopic (exact) mass is 386 g/mol. The molecule has 7 heteroatoms. The molecular formula is C20H23N3O3S. The molecule has 0 aliphatic rings. The van der Waals surface area contributed by atoms with Crippen LogP contribution in [0.5, 0.6) is 5.75 Å². The molecule has 1 amide bonds. The second kappa shape index (κ2) is 7.92. The van der Waals surface area contributed by atoms with Gasteiger partial charge in [0.1, 0.15) is 17.0 Å². The van der Waals surface area contributed by atoms with Gasteiger partial charge >= 0.3 is 0 Å². The molecule has 1 aromatic carbocycles. The maximum Gasteiger partial charge on any atom is 0.285 e. The maximum atomic E-state index is 12.6. The molecule has 1 atom stereocenters. The largest absolute Gasteiger partial charge is 0.497 e. The molecule has 0 radical (unpaired) electrons. The van der Waals surface area contributed by atoms with Crippen LogP contribution >= 0.6 is 11.3 Å². The Morgan fingerprint density at radius 3 is 2.89 bits per heavy atom. The van der Waals surface area contributed by atoms with E-state index in [-0.39, 0.29) is 24.1 Å². The van der Waals surface area contributed by atoms with Crippen LogP contribution in [-0.2, 0) is 17.8 Å². The number of ether oxygens (including phenoxy) is 1. The number of hydrogen-bond acceptors (Lipinski definition) is 5. The lowest BCUT2D eigenvalue weighted by atomic mass is 10.1. The number of fused-ring (bicyclic) bond motifs is 1. The highest BCUT2D eigenvalue weighted by Gasteiger charge is 2.14. The summed E-state index contributed by atoms with van der Waals surface area (Å²) in [5.41, 5.74) is 1.63. The fourth-order valence-electron chi connectivity index (χ4n) is 2.90. The average Bonchev–Trinajstić information content (AvgIpc) is 2.94. The SMILES string of the molecule is [2H]c1cc(OC)ccc1C[C@H](C)NC(=O)Cn1ncc2c(C)c(C)sc2c1=O. The number of thiophene rings is 1. The lowest BCUT2D eigenvalue weighted by molar-refractivity contribution is -0.122. The van der Waals surface area contributed by atoms with Gasteiger partial charge in [0.15, 0.2) is 0 Å². The summed E-state index contributed by atoms with van der Waals surface area (Å²) in [6.45, 7) is 5.67. The van der Waals surface area contributed by atoms with Crippen molar-refractivity contribution in [2.24, 2.45) is 0 Å². The van der Waals surface area contributed by atoms with Gasteiger partial charge in [-0.15, -0.1) is 11.3 Å². The van der Waals surface area contributed by atoms with E-state index >= 15 is 0 Å². The zero-order valence-corrected chi connectivity index (χ0v) is 16.6. The lowest BCUT2D eigenvalue weighted by Gasteiger charge is -2.14. The Morgan fingerprint density at radius 1 is 1.41 bits per heavy atom. The molecule has 142 valence electrons. The normalized spacial score (nSPS) is 12.7. The van der Waals surface area contributed by atoms with Crippen LogP contribution in [0.1, 0.15) is 24.3 Å². The lowest BCUT2D eigenvalue weighted by Crippen LogP contribution is -2.39. The maximum absolute atomic E-state index is 12.6. The highest BCUT2D eigenvalue weighted by Crippen LogP contribution is 2.26. The number of carbonyl (C=O) groups is 1. The number of aromatic nitrogens is 2. The zero-order valence-electron chi connectivity index (χ0n) is 16.8. The van der Waals surface area contributed by atoms with Crippen LogP contribution in [0, 0.1) is 13.8 Å². The molecule has 0 fully saturated rings. The minimum Gasteiger partial charge on any atom is -0.497 e. The number of rotatable bonds is 6. The summed E-state index contributed by atoms with van der Waals surface area (Å²) in [6, 6.07) is 5.45. The van der Waals surface area contributed by atoms with Gasteiger partial charge in [0.2, 0.25) is 5.91 Å². The molecule has 0 spiro atoms. The smallest absolute Gasteiger partial charge is 0.285 e. The molecule has 0 bridgehead atoms. The van der Waals surface area contributed by atoms with Gasteiger partial charge in [0.05, 0.1) is 14.7 Å². The van der Waals surface area contributed by atoms with Gasteiger partial charge in [-0.1, -0.05) is 12.1 Å². The summed E-state index contributed by atoms with van der Waals surface area (Å²) in [5, 5.41) is 7.87. The fraction of sp³-hybridized carbons (Fsp3) is 0.350. The van der Waals surface area contributed by atoms with E-state index < -0.39 is 0 Å². The minimum atomic E-state index is -0.286. The summed E-state index contributed by atoms with van der Waals surface area (Å²) < 4.78 is 15.0. The molecule has 0 aliphatic heterocycles. The molecule has 0 unspecified atom stereocenters. The molecule has 0 saturated heterocycles. The van der Waals surface area contributed by atoms with Crippen molar-refractivity contribution in [1.29, 1.82) is 0 Å². The van der Waals surface area contributed by atoms with Crippen molar-refractivity contribution in [3.05, 3.63) is 56.8 Å². The number of carbonyl (C=O) groups excluding carboxylic acids is 1. The first-order valence-electron chi connectivity index (χ1n) is 9.18. The van der Waals surface area contributed by atoms with Crippen LogP contribution in [0.25, 0.3) is 10.1 Å². The average molecular weight is 386 g/mol. The van der Waals surface area contributed by atoms with E-state index in [1.165, 1.54) is 16.0 Å². The molecule has 3 aromatic rings. The summed E-state index contributed by atoms with van der Waals surface area (Å²) in [6.07, 6.45) is 2.16. The van der Waals surface area contributed by atoms with Crippen molar-refractivity contribution in [2.45, 2.75) is 39.8 Å². The highest BCUT2D eigenvalue weighted by molar-refractivity contribution is 7.19. The number of aryl methyl sites for hydroxylation is 2. The number of hydrogen-bond donors (Lipinski definition) is 1. The Labute approximate surface area is 163 Å². The van der Waals surface area contributed by atoms with Gasteiger partial charge in [0, 0.05) is 16.3 Å². The Balaban J connectivity index is 1.68. The van der Waals surface area contributed by atoms with E-state index in [1.807, 2.05) is 26.8 Å². The second-order valence-electron chi connectivity index (χ2n) is 6.56. The predicted octanol–water partition coefficient (Wildman–Crippen LogP) is 2.83. The molecule has 2 aromatic heterocycles. The van der Waals surface area contributed by atoms with Crippen molar-refractivity contribution < 1.29 is 10.9 Å². The van der Waals surface area contributed by atoms with Gasteiger partial charge in [-0.05, 0) is 50.5 Å². The quantitative estimate of drug-likeness (QED) is 0.707. The first-order chi connectivity index (χ1) is 13.3. The van der Waals surface area contributed by atoms with E-state index in [4.69, 9.17) is 6.11 Å². The number of nitrogens with one attached hydrogen (secondary N) is 1. The minimum absolute atomic E-state index is 0.133. The molecule has 2 heterocycles. The molecule has 0 aliphatic carbocycles. The van der Waals surface area contributed by atoms with Crippen molar-refractivity contribution in [3.63, 3.8) is 0 Å². The van der Waals surface area contributed by atoms with Crippen LogP contribution < -0.4 is 15.6 Å². The molecular weight excluding hydrogens is 362 g/mol. The fourth-order valence-corrected chi connectivity index (χ4v) is 3.98. The van der Waals surface area contributed by atoms with Gasteiger partial charge < -0.3 is 10.1 Å². The van der Waals surface area contributed by atoms with Crippen LogP contribution in [0.15, 0.2) is 35.2 Å². The topological polar surface area (TPSA) is 73.2 Å². The van der Waals surface area contributed by atoms with Crippen molar-refractivity contribution in [1.82, 2.24) is 15.1 Å². The predicted molar refractivity (Wildman–Crippen MR) is 108 cm³/mol. The summed E-state index contributed by atoms with van der Waals surface area (Å²) in [7, 11) is 1.56. The van der Waals surface area contributed by atoms with Gasteiger partial charge in [-0.2, -0.15) is 5.10 Å². The van der Waals surface area contributed by atoms with Crippen LogP contribution in [-0.4, -0.2) is 28.8 Å². The van der Waals surface area contributed by atoms with E-state index in [2.05, 4.69) is 10.4 Å². The number of nitrogens with zero attached hydrogens (tertiary/aromatic N) is 2. The molecule has 6 nitrogen and oxygen atoms in total. The van der Waals surface area contributed by atoms with E-state index in [9.17, 15) is 9.59 Å². The van der Waals surface area contributed by atoms with Crippen LogP contribution in [0.3, 0.4) is 0 Å². The van der Waals surface area contributed by atoms with Gasteiger partial charge in [-0.25, -0.2) is 4.68 Å². The highest BCUT2D eigenvalue weighted by atomic mass is 32.1. The summed E-state index contributed by atoms with van der Waals surface area (Å²) in [4.78, 5) is 26.1. The molecule has 1 N–H and O–H groups in total. The van der Waals surface area contributed by atoms with Crippen molar-refractivity contribution >= 4 is 27.3 Å². The number of methoxy groups -OCH3 is 1. The third kappa shape index (κ3) is 4.19. The second-order valence-corrected chi connectivity index (χ2v) is 7.78. The Bertz CT molecular complexity index is 1090. The first-order valence-corrected chi connectivity index (χ1v) is 9.50. The number of benzene rings is 1. The standard InChI is InChI=1S/C20H23N3O3S/c1-12(9-15-5-7-16(26-4)8-6-15)22-18(24)11-23-20(25)19-17(10-21-23)13(2)14(3)27-19/h5-8,10,12H,9,11H2,1-4H3,(H,22,24)/t12-/m0/s1/i5D. The molecule has 0 saturated carbocycles. The zero-order chi connectivity index (χ0) is 20.4. The van der Waals surface area contributed by atoms with Crippen LogP contribution in [0.2, 0.25) is 0 Å². The van der Waals surface area contributed by atoms with Crippen molar-refractivity contribution in [2.75, 3.05) is 7.11 Å². The Morgan fingerprint density at radius 2 is 2.19 bits per heavy atom. The summed E-state index contributed by atoms with van der Waals surface area (Å²) in [5.74, 6) is 0.344. The Hall–Kier alpha value is -2.67. The van der Waals surface area contributed by atoms with Crippen LogP contribution in [0.4, 0.5) is 0 Å². The third-order valence-corrected chi connectivity index (χ3v) is 5.71.